The first kappa shape index (κ1) is 28.1. The van der Waals surface area contributed by atoms with Gasteiger partial charge in [-0.25, -0.2) is 0 Å². The van der Waals surface area contributed by atoms with E-state index in [0.29, 0.717) is 17.9 Å². The Morgan fingerprint density at radius 2 is 1.12 bits per heavy atom. The lowest BCUT2D eigenvalue weighted by molar-refractivity contribution is 0.0972. The van der Waals surface area contributed by atoms with Gasteiger partial charge in [0.25, 0.3) is 0 Å². The Balaban J connectivity index is 2.18. The topological polar surface area (TPSA) is 65.0 Å². The molecular formula is C27H46O5. The predicted octanol–water partition coefficient (Wildman–Crippen LogP) is 7.86. The molecule has 184 valence electrons. The summed E-state index contributed by atoms with van der Waals surface area (Å²) in [5.41, 5.74) is 0.176. The third-order valence-corrected chi connectivity index (χ3v) is 6.10. The van der Waals surface area contributed by atoms with Crippen LogP contribution in [0.25, 0.3) is 0 Å². The van der Waals surface area contributed by atoms with Gasteiger partial charge in [-0.2, -0.15) is 0 Å². The van der Waals surface area contributed by atoms with Crippen LogP contribution in [-0.4, -0.2) is 32.2 Å². The van der Waals surface area contributed by atoms with Gasteiger partial charge in [-0.1, -0.05) is 96.8 Å². The van der Waals surface area contributed by atoms with Crippen LogP contribution >= 0.6 is 0 Å². The molecule has 0 saturated heterocycles. The van der Waals surface area contributed by atoms with Gasteiger partial charge in [-0.3, -0.25) is 4.79 Å². The fourth-order valence-corrected chi connectivity index (χ4v) is 4.19. The van der Waals surface area contributed by atoms with E-state index in [9.17, 15) is 9.90 Å². The van der Waals surface area contributed by atoms with E-state index in [1.807, 2.05) is 0 Å². The van der Waals surface area contributed by atoms with Crippen molar-refractivity contribution in [2.45, 2.75) is 110 Å². The SMILES string of the molecule is CCCCCCCCCCCCCCCCCC(=O)c1c(O)cc(OC)c(OC)c1OC. The molecule has 0 aliphatic heterocycles. The minimum absolute atomic E-state index is 0.130. The first-order chi connectivity index (χ1) is 15.6. The Kier molecular flexibility index (Phi) is 15.5. The van der Waals surface area contributed by atoms with Crippen molar-refractivity contribution in [3.63, 3.8) is 0 Å². The van der Waals surface area contributed by atoms with E-state index in [1.54, 1.807) is 0 Å². The molecular weight excluding hydrogens is 404 g/mol. The zero-order valence-corrected chi connectivity index (χ0v) is 21.0. The number of phenols is 1. The van der Waals surface area contributed by atoms with Crippen molar-refractivity contribution >= 4 is 5.78 Å². The van der Waals surface area contributed by atoms with Crippen LogP contribution in [0.15, 0.2) is 6.07 Å². The largest absolute Gasteiger partial charge is 0.507 e. The van der Waals surface area contributed by atoms with Crippen molar-refractivity contribution < 1.29 is 24.1 Å². The monoisotopic (exact) mass is 450 g/mol. The van der Waals surface area contributed by atoms with Crippen LogP contribution in [0.3, 0.4) is 0 Å². The number of benzene rings is 1. The van der Waals surface area contributed by atoms with Gasteiger partial charge in [-0.15, -0.1) is 0 Å². The number of rotatable bonds is 20. The Morgan fingerprint density at radius 1 is 0.688 bits per heavy atom. The molecule has 0 radical (unpaired) electrons. The molecule has 5 heteroatoms. The fourth-order valence-electron chi connectivity index (χ4n) is 4.19. The molecule has 32 heavy (non-hydrogen) atoms. The fraction of sp³-hybridized carbons (Fsp3) is 0.741. The summed E-state index contributed by atoms with van der Waals surface area (Å²) < 4.78 is 15.9. The van der Waals surface area contributed by atoms with Crippen molar-refractivity contribution in [3.05, 3.63) is 11.6 Å². The number of unbranched alkanes of at least 4 members (excludes halogenated alkanes) is 14. The van der Waals surface area contributed by atoms with Crippen LogP contribution in [0.5, 0.6) is 23.0 Å². The average Bonchev–Trinajstić information content (AvgIpc) is 2.80. The van der Waals surface area contributed by atoms with Gasteiger partial charge in [0.1, 0.15) is 11.3 Å². The molecule has 0 bridgehead atoms. The van der Waals surface area contributed by atoms with Gasteiger partial charge >= 0.3 is 0 Å². The summed E-state index contributed by atoms with van der Waals surface area (Å²) in [6.07, 6.45) is 19.7. The zero-order valence-electron chi connectivity index (χ0n) is 21.0. The first-order valence-electron chi connectivity index (χ1n) is 12.7. The number of Topliss-reactive ketones (excluding diaryl/α,β-unsaturated/α-hetero) is 1. The number of aromatic hydroxyl groups is 1. The van der Waals surface area contributed by atoms with Gasteiger partial charge in [0.2, 0.25) is 5.75 Å². The van der Waals surface area contributed by atoms with E-state index in [0.717, 1.165) is 19.3 Å². The molecule has 0 unspecified atom stereocenters. The summed E-state index contributed by atoms with van der Waals surface area (Å²) in [5.74, 6) is 0.633. The maximum absolute atomic E-state index is 12.7. The molecule has 1 rings (SSSR count). The summed E-state index contributed by atoms with van der Waals surface area (Å²) in [5, 5.41) is 10.3. The molecule has 0 spiro atoms. The molecule has 0 aromatic heterocycles. The van der Waals surface area contributed by atoms with Crippen molar-refractivity contribution in [3.8, 4) is 23.0 Å². The molecule has 1 aromatic rings. The summed E-state index contributed by atoms with van der Waals surface area (Å²) in [4.78, 5) is 12.7. The summed E-state index contributed by atoms with van der Waals surface area (Å²) in [6.45, 7) is 2.27. The maximum Gasteiger partial charge on any atom is 0.204 e. The lowest BCUT2D eigenvalue weighted by atomic mass is 10.0. The van der Waals surface area contributed by atoms with Crippen LogP contribution < -0.4 is 14.2 Å². The second-order valence-corrected chi connectivity index (χ2v) is 8.66. The number of hydrogen-bond donors (Lipinski definition) is 1. The molecule has 5 nitrogen and oxygen atoms in total. The highest BCUT2D eigenvalue weighted by atomic mass is 16.5. The molecule has 1 aromatic carbocycles. The van der Waals surface area contributed by atoms with Gasteiger partial charge in [-0.05, 0) is 6.42 Å². The Morgan fingerprint density at radius 3 is 1.53 bits per heavy atom. The highest BCUT2D eigenvalue weighted by molar-refractivity contribution is 6.02. The van der Waals surface area contributed by atoms with Crippen molar-refractivity contribution in [2.24, 2.45) is 0 Å². The Hall–Kier alpha value is -1.91. The van der Waals surface area contributed by atoms with Crippen molar-refractivity contribution in [2.75, 3.05) is 21.3 Å². The van der Waals surface area contributed by atoms with Crippen LogP contribution in [0.1, 0.15) is 120 Å². The molecule has 0 saturated carbocycles. The van der Waals surface area contributed by atoms with Gasteiger partial charge in [0.05, 0.1) is 21.3 Å². The highest BCUT2D eigenvalue weighted by Gasteiger charge is 2.25. The molecule has 0 aliphatic rings. The third-order valence-electron chi connectivity index (χ3n) is 6.10. The number of hydrogen-bond acceptors (Lipinski definition) is 5. The van der Waals surface area contributed by atoms with Gasteiger partial charge in [0, 0.05) is 12.5 Å². The lowest BCUT2D eigenvalue weighted by Crippen LogP contribution is -2.05. The van der Waals surface area contributed by atoms with Crippen LogP contribution in [0, 0.1) is 0 Å². The molecule has 0 fully saturated rings. The number of phenolic OH excluding ortho intramolecular Hbond substituents is 1. The molecule has 0 heterocycles. The number of carbonyl (C=O) groups is 1. The normalized spacial score (nSPS) is 10.9. The highest BCUT2D eigenvalue weighted by Crippen LogP contribution is 2.45. The third kappa shape index (κ3) is 10.1. The number of methoxy groups -OCH3 is 3. The predicted molar refractivity (Wildman–Crippen MR) is 132 cm³/mol. The first-order valence-corrected chi connectivity index (χ1v) is 12.7. The van der Waals surface area contributed by atoms with E-state index in [4.69, 9.17) is 14.2 Å². The minimum Gasteiger partial charge on any atom is -0.507 e. The molecule has 1 N–H and O–H groups in total. The van der Waals surface area contributed by atoms with E-state index in [1.165, 1.54) is 104 Å². The summed E-state index contributed by atoms with van der Waals surface area (Å²) in [7, 11) is 4.43. The molecule has 0 aliphatic carbocycles. The number of ketones is 1. The Bertz CT molecular complexity index is 641. The Labute approximate surface area is 195 Å². The smallest absolute Gasteiger partial charge is 0.204 e. The van der Waals surface area contributed by atoms with E-state index >= 15 is 0 Å². The van der Waals surface area contributed by atoms with Crippen LogP contribution in [0.4, 0.5) is 0 Å². The zero-order chi connectivity index (χ0) is 23.6. The second kappa shape index (κ2) is 17.6. The van der Waals surface area contributed by atoms with Crippen molar-refractivity contribution in [1.29, 1.82) is 0 Å². The number of carbonyl (C=O) groups excluding carboxylic acids is 1. The quantitative estimate of drug-likeness (QED) is 0.162. The molecule has 0 amide bonds. The van der Waals surface area contributed by atoms with Gasteiger partial charge in [0.15, 0.2) is 17.3 Å². The van der Waals surface area contributed by atoms with Crippen molar-refractivity contribution in [1.82, 2.24) is 0 Å². The van der Waals surface area contributed by atoms with E-state index in [2.05, 4.69) is 6.92 Å². The average molecular weight is 451 g/mol. The summed E-state index contributed by atoms with van der Waals surface area (Å²) >= 11 is 0. The summed E-state index contributed by atoms with van der Waals surface area (Å²) in [6, 6.07) is 1.40. The molecule has 0 atom stereocenters. The minimum atomic E-state index is -0.134. The standard InChI is InChI=1S/C27H46O5/c1-5-6-7-8-9-10-11-12-13-14-15-16-17-18-19-20-22(28)25-23(29)21-24(30-2)26(31-3)27(25)32-4/h21,29H,5-20H2,1-4H3. The number of ether oxygens (including phenoxy) is 3. The van der Waals surface area contributed by atoms with Gasteiger partial charge < -0.3 is 19.3 Å². The van der Waals surface area contributed by atoms with E-state index < -0.39 is 0 Å². The maximum atomic E-state index is 12.7. The van der Waals surface area contributed by atoms with E-state index in [-0.39, 0.29) is 22.8 Å². The van der Waals surface area contributed by atoms with Crippen LogP contribution in [-0.2, 0) is 0 Å². The second-order valence-electron chi connectivity index (χ2n) is 8.66. The lowest BCUT2D eigenvalue weighted by Gasteiger charge is -2.16. The van der Waals surface area contributed by atoms with Crippen LogP contribution in [0.2, 0.25) is 0 Å².